The minimum absolute atomic E-state index is 0.541. The van der Waals surface area contributed by atoms with Crippen LogP contribution in [0.5, 0.6) is 0 Å². The number of piperidine rings is 1. The molecule has 6 heteroatoms. The lowest BCUT2D eigenvalue weighted by Gasteiger charge is -2.39. The van der Waals surface area contributed by atoms with Gasteiger partial charge in [0.2, 0.25) is 0 Å². The minimum atomic E-state index is 0.541. The fourth-order valence-electron chi connectivity index (χ4n) is 3.53. The second-order valence-corrected chi connectivity index (χ2v) is 6.21. The SMILES string of the molecule is COCc1cn(CC2CCCN(C3CCOCC3)C2)nn1. The Kier molecular flexibility index (Phi) is 5.22. The third-order valence-electron chi connectivity index (χ3n) is 4.58. The molecule has 118 valence electrons. The van der Waals surface area contributed by atoms with Gasteiger partial charge in [-0.2, -0.15) is 0 Å². The van der Waals surface area contributed by atoms with Gasteiger partial charge in [-0.3, -0.25) is 9.58 Å². The fraction of sp³-hybridized carbons (Fsp3) is 0.867. The van der Waals surface area contributed by atoms with Gasteiger partial charge in [0.1, 0.15) is 5.69 Å². The van der Waals surface area contributed by atoms with Crippen LogP contribution in [0.2, 0.25) is 0 Å². The minimum Gasteiger partial charge on any atom is -0.381 e. The largest absolute Gasteiger partial charge is 0.381 e. The van der Waals surface area contributed by atoms with Crippen LogP contribution in [0.15, 0.2) is 6.20 Å². The van der Waals surface area contributed by atoms with Crippen molar-refractivity contribution in [1.29, 1.82) is 0 Å². The lowest BCUT2D eigenvalue weighted by molar-refractivity contribution is 0.0157. The molecule has 3 rings (SSSR count). The number of methoxy groups -OCH3 is 1. The van der Waals surface area contributed by atoms with Crippen molar-refractivity contribution < 1.29 is 9.47 Å². The van der Waals surface area contributed by atoms with E-state index >= 15 is 0 Å². The number of likely N-dealkylation sites (tertiary alicyclic amines) is 1. The molecule has 0 aromatic carbocycles. The number of aromatic nitrogens is 3. The molecule has 2 fully saturated rings. The molecular formula is C15H26N4O2. The van der Waals surface area contributed by atoms with Gasteiger partial charge in [-0.15, -0.1) is 5.10 Å². The van der Waals surface area contributed by atoms with Crippen molar-refractivity contribution in [3.63, 3.8) is 0 Å². The predicted molar refractivity (Wildman–Crippen MR) is 78.9 cm³/mol. The quantitative estimate of drug-likeness (QED) is 0.819. The van der Waals surface area contributed by atoms with Crippen molar-refractivity contribution in [1.82, 2.24) is 19.9 Å². The Morgan fingerprint density at radius 2 is 2.19 bits per heavy atom. The molecular weight excluding hydrogens is 268 g/mol. The van der Waals surface area contributed by atoms with E-state index in [4.69, 9.17) is 9.47 Å². The van der Waals surface area contributed by atoms with Gasteiger partial charge >= 0.3 is 0 Å². The van der Waals surface area contributed by atoms with E-state index in [0.29, 0.717) is 12.5 Å². The van der Waals surface area contributed by atoms with Crippen molar-refractivity contribution >= 4 is 0 Å². The smallest absolute Gasteiger partial charge is 0.108 e. The lowest BCUT2D eigenvalue weighted by Crippen LogP contribution is -2.45. The summed E-state index contributed by atoms with van der Waals surface area (Å²) in [5, 5.41) is 8.35. The molecule has 21 heavy (non-hydrogen) atoms. The molecule has 3 heterocycles. The van der Waals surface area contributed by atoms with Crippen LogP contribution < -0.4 is 0 Å². The first-order valence-electron chi connectivity index (χ1n) is 8.05. The highest BCUT2D eigenvalue weighted by Gasteiger charge is 2.27. The summed E-state index contributed by atoms with van der Waals surface area (Å²) in [6.45, 7) is 5.79. The van der Waals surface area contributed by atoms with Crippen molar-refractivity contribution in [3.8, 4) is 0 Å². The summed E-state index contributed by atoms with van der Waals surface area (Å²) < 4.78 is 12.5. The zero-order chi connectivity index (χ0) is 14.5. The second kappa shape index (κ2) is 7.33. The van der Waals surface area contributed by atoms with E-state index in [0.717, 1.165) is 31.5 Å². The highest BCUT2D eigenvalue weighted by molar-refractivity contribution is 4.90. The van der Waals surface area contributed by atoms with Crippen LogP contribution in [-0.2, 0) is 22.6 Å². The molecule has 0 amide bonds. The van der Waals surface area contributed by atoms with Gasteiger partial charge in [0, 0.05) is 39.5 Å². The summed E-state index contributed by atoms with van der Waals surface area (Å²) in [6.07, 6.45) is 6.97. The number of hydrogen-bond donors (Lipinski definition) is 0. The monoisotopic (exact) mass is 294 g/mol. The summed E-state index contributed by atoms with van der Waals surface area (Å²) >= 11 is 0. The average Bonchev–Trinajstić information content (AvgIpc) is 2.96. The normalized spacial score (nSPS) is 25.3. The molecule has 1 aromatic rings. The zero-order valence-corrected chi connectivity index (χ0v) is 12.9. The first-order chi connectivity index (χ1) is 10.3. The first kappa shape index (κ1) is 14.9. The Balaban J connectivity index is 1.52. The topological polar surface area (TPSA) is 52.4 Å². The molecule has 0 N–H and O–H groups in total. The van der Waals surface area contributed by atoms with E-state index in [1.54, 1.807) is 7.11 Å². The van der Waals surface area contributed by atoms with Crippen molar-refractivity contribution in [2.45, 2.75) is 44.9 Å². The molecule has 2 aliphatic heterocycles. The first-order valence-corrected chi connectivity index (χ1v) is 8.05. The third kappa shape index (κ3) is 4.02. The maximum Gasteiger partial charge on any atom is 0.108 e. The Bertz CT molecular complexity index is 431. The van der Waals surface area contributed by atoms with Crippen LogP contribution in [0.1, 0.15) is 31.4 Å². The number of nitrogens with zero attached hydrogens (tertiary/aromatic N) is 4. The van der Waals surface area contributed by atoms with Crippen LogP contribution >= 0.6 is 0 Å². The van der Waals surface area contributed by atoms with Crippen LogP contribution in [0, 0.1) is 5.92 Å². The van der Waals surface area contributed by atoms with Crippen LogP contribution in [0.3, 0.4) is 0 Å². The van der Waals surface area contributed by atoms with Gasteiger partial charge in [0.15, 0.2) is 0 Å². The van der Waals surface area contributed by atoms with Gasteiger partial charge in [-0.25, -0.2) is 0 Å². The number of rotatable bonds is 5. The van der Waals surface area contributed by atoms with Gasteiger partial charge in [0.25, 0.3) is 0 Å². The summed E-state index contributed by atoms with van der Waals surface area (Å²) in [4.78, 5) is 2.67. The van der Waals surface area contributed by atoms with Gasteiger partial charge in [-0.05, 0) is 38.1 Å². The van der Waals surface area contributed by atoms with Gasteiger partial charge < -0.3 is 9.47 Å². The highest BCUT2D eigenvalue weighted by Crippen LogP contribution is 2.24. The molecule has 0 saturated carbocycles. The van der Waals surface area contributed by atoms with Gasteiger partial charge in [-0.1, -0.05) is 5.21 Å². The van der Waals surface area contributed by atoms with Gasteiger partial charge in [0.05, 0.1) is 12.8 Å². The van der Waals surface area contributed by atoms with Crippen LogP contribution in [0.4, 0.5) is 0 Å². The van der Waals surface area contributed by atoms with Crippen LogP contribution in [-0.4, -0.2) is 59.3 Å². The molecule has 1 atom stereocenters. The van der Waals surface area contributed by atoms with Crippen LogP contribution in [0.25, 0.3) is 0 Å². The highest BCUT2D eigenvalue weighted by atomic mass is 16.5. The zero-order valence-electron chi connectivity index (χ0n) is 12.9. The Hall–Kier alpha value is -0.980. The standard InChI is InChI=1S/C15H26N4O2/c1-20-12-14-11-19(17-16-14)10-13-3-2-6-18(9-13)15-4-7-21-8-5-15/h11,13,15H,2-10,12H2,1H3. The van der Waals surface area contributed by atoms with E-state index in [9.17, 15) is 0 Å². The maximum absolute atomic E-state index is 5.48. The fourth-order valence-corrected chi connectivity index (χ4v) is 3.53. The lowest BCUT2D eigenvalue weighted by atomic mass is 9.95. The third-order valence-corrected chi connectivity index (χ3v) is 4.58. The van der Waals surface area contributed by atoms with E-state index in [1.165, 1.54) is 38.8 Å². The van der Waals surface area contributed by atoms with E-state index < -0.39 is 0 Å². The molecule has 0 bridgehead atoms. The Morgan fingerprint density at radius 1 is 1.33 bits per heavy atom. The van der Waals surface area contributed by atoms with Crippen molar-refractivity contribution in [3.05, 3.63) is 11.9 Å². The number of ether oxygens (including phenoxy) is 2. The molecule has 0 aliphatic carbocycles. The summed E-state index contributed by atoms with van der Waals surface area (Å²) in [5.74, 6) is 0.679. The van der Waals surface area contributed by atoms with Crippen molar-refractivity contribution in [2.75, 3.05) is 33.4 Å². The van der Waals surface area contributed by atoms with Crippen molar-refractivity contribution in [2.24, 2.45) is 5.92 Å². The molecule has 1 aromatic heterocycles. The summed E-state index contributed by atoms with van der Waals surface area (Å²) in [5.41, 5.74) is 0.912. The molecule has 6 nitrogen and oxygen atoms in total. The molecule has 0 radical (unpaired) electrons. The Labute approximate surface area is 126 Å². The predicted octanol–water partition coefficient (Wildman–Crippen LogP) is 1.32. The Morgan fingerprint density at radius 3 is 3.00 bits per heavy atom. The summed E-state index contributed by atoms with van der Waals surface area (Å²) in [6, 6.07) is 0.723. The molecule has 2 saturated heterocycles. The molecule has 1 unspecified atom stereocenters. The van der Waals surface area contributed by atoms with E-state index in [2.05, 4.69) is 15.2 Å². The molecule has 0 spiro atoms. The average molecular weight is 294 g/mol. The summed E-state index contributed by atoms with van der Waals surface area (Å²) in [7, 11) is 1.69. The number of hydrogen-bond acceptors (Lipinski definition) is 5. The van der Waals surface area contributed by atoms with E-state index in [1.807, 2.05) is 10.9 Å². The second-order valence-electron chi connectivity index (χ2n) is 6.21. The molecule has 2 aliphatic rings. The maximum atomic E-state index is 5.48. The van der Waals surface area contributed by atoms with E-state index in [-0.39, 0.29) is 0 Å².